The minimum atomic E-state index is -4.29. The maximum absolute atomic E-state index is 12.6. The molecule has 2 nitrogen and oxygen atoms in total. The summed E-state index contributed by atoms with van der Waals surface area (Å²) in [5, 5.41) is 0. The Morgan fingerprint density at radius 2 is 0.907 bits per heavy atom. The zero-order valence-corrected chi connectivity index (χ0v) is 24.6. The monoisotopic (exact) mass is 601 g/mol. The fourth-order valence-corrected chi connectivity index (χ4v) is 4.56. The lowest BCUT2D eigenvalue weighted by Gasteiger charge is -2.17. The largest absolute Gasteiger partial charge is 0.497 e. The Balaban J connectivity index is 0.000000248. The summed E-state index contributed by atoms with van der Waals surface area (Å²) in [6, 6.07) is 25.7. The molecule has 0 atom stereocenters. The van der Waals surface area contributed by atoms with Crippen molar-refractivity contribution >= 4 is 0 Å². The van der Waals surface area contributed by atoms with Crippen LogP contribution in [0.15, 0.2) is 97.1 Å². The fraction of sp³-hybridized carbons (Fsp3) is 0.314. The molecule has 0 heterocycles. The van der Waals surface area contributed by atoms with Gasteiger partial charge in [0.2, 0.25) is 0 Å². The number of hydrogen-bond acceptors (Lipinski definition) is 2. The van der Waals surface area contributed by atoms with Crippen molar-refractivity contribution in [3.05, 3.63) is 114 Å². The van der Waals surface area contributed by atoms with E-state index in [4.69, 9.17) is 4.74 Å². The Morgan fingerprint density at radius 3 is 1.26 bits per heavy atom. The van der Waals surface area contributed by atoms with Crippen LogP contribution in [0.25, 0.3) is 22.3 Å². The molecule has 0 unspecified atom stereocenters. The first-order valence-electron chi connectivity index (χ1n) is 14.2. The van der Waals surface area contributed by atoms with Crippen molar-refractivity contribution in [2.75, 3.05) is 26.7 Å². The highest BCUT2D eigenvalue weighted by Crippen LogP contribution is 2.32. The van der Waals surface area contributed by atoms with Crippen LogP contribution in [0.4, 0.5) is 26.3 Å². The van der Waals surface area contributed by atoms with Gasteiger partial charge in [-0.2, -0.15) is 26.3 Å². The molecule has 0 aliphatic carbocycles. The summed E-state index contributed by atoms with van der Waals surface area (Å²) in [5.74, 6) is 0.714. The second kappa shape index (κ2) is 15.6. The summed E-state index contributed by atoms with van der Waals surface area (Å²) in [6.07, 6.45) is -5.21. The SMILES string of the molecule is CCN(CC)CCCCc1ccc(-c2ccc(C(F)(F)F)cc2)cc1.COc1ccc(-c2ccc(C(F)(F)F)cc2)cc1. The molecule has 0 N–H and O–H groups in total. The number of benzene rings is 4. The van der Waals surface area contributed by atoms with Crippen molar-refractivity contribution in [2.45, 2.75) is 45.5 Å². The quantitative estimate of drug-likeness (QED) is 0.132. The van der Waals surface area contributed by atoms with Crippen molar-refractivity contribution in [3.63, 3.8) is 0 Å². The normalized spacial score (nSPS) is 11.7. The summed E-state index contributed by atoms with van der Waals surface area (Å²) < 4.78 is 80.1. The fourth-order valence-electron chi connectivity index (χ4n) is 4.56. The number of ether oxygens (including phenoxy) is 1. The molecule has 0 amide bonds. The van der Waals surface area contributed by atoms with Gasteiger partial charge >= 0.3 is 12.4 Å². The van der Waals surface area contributed by atoms with E-state index in [1.165, 1.54) is 36.2 Å². The molecule has 0 spiro atoms. The number of aryl methyl sites for hydroxylation is 1. The van der Waals surface area contributed by atoms with Gasteiger partial charge in [0.15, 0.2) is 0 Å². The minimum absolute atomic E-state index is 0.610. The standard InChI is InChI=1S/C21H26F3N.C14H11F3O/c1-3-25(4-2)16-6-5-7-17-8-10-18(11-9-17)19-12-14-20(15-13-19)21(22,23)24;1-18-13-8-4-11(5-9-13)10-2-6-12(7-3-10)14(15,16)17/h8-15H,3-7,16H2,1-2H3;2-9H,1H3. The average molecular weight is 602 g/mol. The molecule has 4 aromatic rings. The van der Waals surface area contributed by atoms with E-state index in [1.807, 2.05) is 12.1 Å². The Morgan fingerprint density at radius 1 is 0.535 bits per heavy atom. The summed E-state index contributed by atoms with van der Waals surface area (Å²) in [7, 11) is 1.56. The lowest BCUT2D eigenvalue weighted by Crippen LogP contribution is -2.23. The minimum Gasteiger partial charge on any atom is -0.497 e. The highest BCUT2D eigenvalue weighted by Gasteiger charge is 2.30. The number of rotatable bonds is 10. The molecule has 4 rings (SSSR count). The molecule has 230 valence electrons. The molecule has 0 radical (unpaired) electrons. The van der Waals surface area contributed by atoms with Crippen LogP contribution in [0.2, 0.25) is 0 Å². The molecule has 0 aromatic heterocycles. The van der Waals surface area contributed by atoms with E-state index in [-0.39, 0.29) is 0 Å². The summed E-state index contributed by atoms with van der Waals surface area (Å²) in [4.78, 5) is 2.42. The van der Waals surface area contributed by atoms with Crippen molar-refractivity contribution in [1.29, 1.82) is 0 Å². The first-order valence-corrected chi connectivity index (χ1v) is 14.2. The molecule has 8 heteroatoms. The summed E-state index contributed by atoms with van der Waals surface area (Å²) >= 11 is 0. The van der Waals surface area contributed by atoms with E-state index in [0.29, 0.717) is 5.75 Å². The second-order valence-corrected chi connectivity index (χ2v) is 10.1. The van der Waals surface area contributed by atoms with Crippen molar-refractivity contribution in [1.82, 2.24) is 4.90 Å². The van der Waals surface area contributed by atoms with E-state index in [9.17, 15) is 26.3 Å². The highest BCUT2D eigenvalue weighted by molar-refractivity contribution is 5.65. The number of hydrogen-bond donors (Lipinski definition) is 0. The average Bonchev–Trinajstić information content (AvgIpc) is 3.01. The Labute approximate surface area is 249 Å². The Hall–Kier alpha value is -3.78. The van der Waals surface area contributed by atoms with Crippen LogP contribution in [0.1, 0.15) is 43.4 Å². The van der Waals surface area contributed by atoms with Crippen LogP contribution in [0.5, 0.6) is 5.75 Å². The van der Waals surface area contributed by atoms with E-state index in [1.54, 1.807) is 31.4 Å². The van der Waals surface area contributed by atoms with Gasteiger partial charge < -0.3 is 9.64 Å². The third-order valence-corrected chi connectivity index (χ3v) is 7.22. The zero-order valence-electron chi connectivity index (χ0n) is 24.6. The van der Waals surface area contributed by atoms with E-state index < -0.39 is 23.5 Å². The smallest absolute Gasteiger partial charge is 0.416 e. The van der Waals surface area contributed by atoms with Gasteiger partial charge in [0, 0.05) is 0 Å². The molecule has 0 aliphatic heterocycles. The topological polar surface area (TPSA) is 12.5 Å². The van der Waals surface area contributed by atoms with Crippen LogP contribution in [0, 0.1) is 0 Å². The van der Waals surface area contributed by atoms with Crippen LogP contribution in [-0.4, -0.2) is 31.6 Å². The van der Waals surface area contributed by atoms with Crippen LogP contribution in [0.3, 0.4) is 0 Å². The second-order valence-electron chi connectivity index (χ2n) is 10.1. The molecular formula is C35H37F6NO. The molecule has 0 saturated carbocycles. The number of unbranched alkanes of at least 4 members (excludes halogenated alkanes) is 1. The maximum atomic E-state index is 12.6. The number of halogens is 6. The lowest BCUT2D eigenvalue weighted by atomic mass is 10.0. The summed E-state index contributed by atoms with van der Waals surface area (Å²) in [5.41, 5.74) is 3.37. The van der Waals surface area contributed by atoms with Gasteiger partial charge in [-0.05, 0) is 103 Å². The van der Waals surface area contributed by atoms with Gasteiger partial charge in [-0.25, -0.2) is 0 Å². The third-order valence-electron chi connectivity index (χ3n) is 7.22. The van der Waals surface area contributed by atoms with Gasteiger partial charge in [-0.15, -0.1) is 0 Å². The van der Waals surface area contributed by atoms with Crippen molar-refractivity contribution in [2.24, 2.45) is 0 Å². The maximum Gasteiger partial charge on any atom is 0.416 e. The Kier molecular flexibility index (Phi) is 12.2. The Bertz CT molecular complexity index is 1360. The first kappa shape index (κ1) is 33.7. The molecular weight excluding hydrogens is 564 g/mol. The van der Waals surface area contributed by atoms with Gasteiger partial charge in [-0.1, -0.05) is 74.5 Å². The van der Waals surface area contributed by atoms with Crippen LogP contribution < -0.4 is 4.74 Å². The predicted octanol–water partition coefficient (Wildman–Crippen LogP) is 10.4. The molecule has 0 saturated heterocycles. The third kappa shape index (κ3) is 10.5. The van der Waals surface area contributed by atoms with Crippen LogP contribution in [-0.2, 0) is 18.8 Å². The molecule has 0 aliphatic rings. The van der Waals surface area contributed by atoms with Crippen molar-refractivity contribution in [3.8, 4) is 28.0 Å². The first-order chi connectivity index (χ1) is 20.4. The van der Waals surface area contributed by atoms with Crippen LogP contribution >= 0.6 is 0 Å². The van der Waals surface area contributed by atoms with Gasteiger partial charge in [0.25, 0.3) is 0 Å². The van der Waals surface area contributed by atoms with Crippen molar-refractivity contribution < 1.29 is 31.1 Å². The van der Waals surface area contributed by atoms with E-state index in [2.05, 4.69) is 30.9 Å². The van der Waals surface area contributed by atoms with Gasteiger partial charge in [0.05, 0.1) is 18.2 Å². The molecule has 0 bridgehead atoms. The summed E-state index contributed by atoms with van der Waals surface area (Å²) in [6.45, 7) is 7.69. The molecule has 0 fully saturated rings. The van der Waals surface area contributed by atoms with E-state index in [0.717, 1.165) is 79.0 Å². The highest BCUT2D eigenvalue weighted by atomic mass is 19.4. The molecule has 43 heavy (non-hydrogen) atoms. The predicted molar refractivity (Wildman–Crippen MR) is 161 cm³/mol. The lowest BCUT2D eigenvalue weighted by molar-refractivity contribution is -0.138. The zero-order chi connectivity index (χ0) is 31.5. The molecule has 4 aromatic carbocycles. The number of nitrogens with zero attached hydrogens (tertiary/aromatic N) is 1. The number of alkyl halides is 6. The van der Waals surface area contributed by atoms with E-state index >= 15 is 0 Å². The van der Waals surface area contributed by atoms with Gasteiger partial charge in [0.1, 0.15) is 5.75 Å². The number of methoxy groups -OCH3 is 1. The van der Waals surface area contributed by atoms with Gasteiger partial charge in [-0.3, -0.25) is 0 Å².